The lowest BCUT2D eigenvalue weighted by atomic mass is 9.82. The summed E-state index contributed by atoms with van der Waals surface area (Å²) in [5.41, 5.74) is 2.54. The number of hydrogen-bond acceptors (Lipinski definition) is 2. The molecule has 0 atom stereocenters. The van der Waals surface area contributed by atoms with Gasteiger partial charge in [-0.05, 0) is 37.2 Å². The zero-order valence-corrected chi connectivity index (χ0v) is 17.4. The minimum Gasteiger partial charge on any atom is -0.481 e. The van der Waals surface area contributed by atoms with Crippen LogP contribution in [0.4, 0.5) is 0 Å². The summed E-state index contributed by atoms with van der Waals surface area (Å²) in [5.74, 6) is -0.316. The Morgan fingerprint density at radius 3 is 1.65 bits per heavy atom. The van der Waals surface area contributed by atoms with Crippen molar-refractivity contribution in [3.8, 4) is 0 Å². The van der Waals surface area contributed by atoms with Gasteiger partial charge in [-0.3, -0.25) is 9.59 Å². The van der Waals surface area contributed by atoms with E-state index in [2.05, 4.69) is 13.8 Å². The third-order valence-corrected chi connectivity index (χ3v) is 5.86. The molecule has 1 aliphatic carbocycles. The van der Waals surface area contributed by atoms with Crippen LogP contribution < -0.4 is 0 Å². The lowest BCUT2D eigenvalue weighted by Crippen LogP contribution is -2.11. The molecule has 0 saturated carbocycles. The molecule has 1 rings (SSSR count). The standard InChI is InChI=1S/C23H40O3/c1-19-20(23(2,3)18-21(19)24)16-14-12-10-8-6-4-5-7-9-11-13-15-17-22(25)26/h4-18H2,1-3H3,(H,25,26). The van der Waals surface area contributed by atoms with Gasteiger partial charge < -0.3 is 5.11 Å². The van der Waals surface area contributed by atoms with Gasteiger partial charge in [0.1, 0.15) is 0 Å². The van der Waals surface area contributed by atoms with E-state index in [4.69, 9.17) is 5.11 Å². The maximum atomic E-state index is 11.9. The Labute approximate surface area is 160 Å². The minimum absolute atomic E-state index is 0.0921. The van der Waals surface area contributed by atoms with Crippen molar-refractivity contribution in [2.24, 2.45) is 5.41 Å². The number of Topliss-reactive ketones (excluding diaryl/α,β-unsaturated/α-hetero) is 1. The SMILES string of the molecule is CC1=C(CCCCCCCCCCCCCCC(=O)O)C(C)(C)CC1=O. The molecule has 0 aromatic rings. The minimum atomic E-state index is -0.669. The molecule has 150 valence electrons. The first-order valence-electron chi connectivity index (χ1n) is 10.8. The van der Waals surface area contributed by atoms with Crippen LogP contribution in [0.3, 0.4) is 0 Å². The molecule has 1 N–H and O–H groups in total. The van der Waals surface area contributed by atoms with Crippen LogP contribution in [0.2, 0.25) is 0 Å². The van der Waals surface area contributed by atoms with E-state index < -0.39 is 5.97 Å². The molecule has 1 aliphatic rings. The highest BCUT2D eigenvalue weighted by molar-refractivity contribution is 5.99. The summed E-state index contributed by atoms with van der Waals surface area (Å²) in [4.78, 5) is 22.3. The second-order valence-electron chi connectivity index (χ2n) is 8.72. The van der Waals surface area contributed by atoms with Crippen molar-refractivity contribution in [3.63, 3.8) is 0 Å². The molecular weight excluding hydrogens is 324 g/mol. The van der Waals surface area contributed by atoms with Gasteiger partial charge in [-0.15, -0.1) is 0 Å². The van der Waals surface area contributed by atoms with Crippen LogP contribution in [0, 0.1) is 5.41 Å². The van der Waals surface area contributed by atoms with E-state index >= 15 is 0 Å². The molecule has 0 amide bonds. The smallest absolute Gasteiger partial charge is 0.303 e. The predicted molar refractivity (Wildman–Crippen MR) is 108 cm³/mol. The Morgan fingerprint density at radius 1 is 0.846 bits per heavy atom. The molecule has 0 fully saturated rings. The molecule has 0 spiro atoms. The third kappa shape index (κ3) is 9.00. The van der Waals surface area contributed by atoms with Crippen molar-refractivity contribution < 1.29 is 14.7 Å². The van der Waals surface area contributed by atoms with Gasteiger partial charge in [0.25, 0.3) is 0 Å². The first-order chi connectivity index (χ1) is 12.3. The highest BCUT2D eigenvalue weighted by Gasteiger charge is 2.35. The van der Waals surface area contributed by atoms with Gasteiger partial charge in [0.15, 0.2) is 5.78 Å². The van der Waals surface area contributed by atoms with E-state index in [0.29, 0.717) is 18.6 Å². The monoisotopic (exact) mass is 364 g/mol. The molecule has 0 unspecified atom stereocenters. The maximum Gasteiger partial charge on any atom is 0.303 e. The predicted octanol–water partition coefficient (Wildman–Crippen LogP) is 6.85. The van der Waals surface area contributed by atoms with Crippen molar-refractivity contribution >= 4 is 11.8 Å². The van der Waals surface area contributed by atoms with Gasteiger partial charge in [0.2, 0.25) is 0 Å². The summed E-state index contributed by atoms with van der Waals surface area (Å²) in [7, 11) is 0. The van der Waals surface area contributed by atoms with Crippen LogP contribution in [0.25, 0.3) is 0 Å². The lowest BCUT2D eigenvalue weighted by molar-refractivity contribution is -0.137. The van der Waals surface area contributed by atoms with Crippen molar-refractivity contribution in [3.05, 3.63) is 11.1 Å². The zero-order valence-electron chi connectivity index (χ0n) is 17.4. The topological polar surface area (TPSA) is 54.4 Å². The number of ketones is 1. The van der Waals surface area contributed by atoms with Gasteiger partial charge in [-0.25, -0.2) is 0 Å². The molecule has 0 aromatic heterocycles. The normalized spacial score (nSPS) is 16.5. The molecule has 0 aromatic carbocycles. The Hall–Kier alpha value is -1.12. The average molecular weight is 365 g/mol. The molecule has 0 bridgehead atoms. The summed E-state index contributed by atoms with van der Waals surface area (Å²) in [6.45, 7) is 6.43. The number of carbonyl (C=O) groups excluding carboxylic acids is 1. The summed E-state index contributed by atoms with van der Waals surface area (Å²) in [6.07, 6.45) is 16.9. The molecule has 0 aliphatic heterocycles. The van der Waals surface area contributed by atoms with Crippen LogP contribution >= 0.6 is 0 Å². The van der Waals surface area contributed by atoms with Crippen molar-refractivity contribution in [1.29, 1.82) is 0 Å². The molecule has 3 nitrogen and oxygen atoms in total. The number of hydrogen-bond donors (Lipinski definition) is 1. The first kappa shape index (κ1) is 22.9. The lowest BCUT2D eigenvalue weighted by Gasteiger charge is -2.22. The highest BCUT2D eigenvalue weighted by Crippen LogP contribution is 2.42. The average Bonchev–Trinajstić information content (AvgIpc) is 2.76. The summed E-state index contributed by atoms with van der Waals surface area (Å²) in [5, 5.41) is 8.58. The van der Waals surface area contributed by atoms with E-state index in [1.54, 1.807) is 0 Å². The fourth-order valence-corrected chi connectivity index (χ4v) is 4.19. The number of carboxylic acids is 1. The fraction of sp³-hybridized carbons (Fsp3) is 0.826. The maximum absolute atomic E-state index is 11.9. The fourth-order valence-electron chi connectivity index (χ4n) is 4.19. The van der Waals surface area contributed by atoms with Crippen LogP contribution in [0.1, 0.15) is 117 Å². The van der Waals surface area contributed by atoms with Gasteiger partial charge in [-0.2, -0.15) is 0 Å². The van der Waals surface area contributed by atoms with Crippen LogP contribution in [-0.4, -0.2) is 16.9 Å². The molecule has 0 saturated heterocycles. The van der Waals surface area contributed by atoms with Gasteiger partial charge in [0, 0.05) is 12.8 Å². The second kappa shape index (κ2) is 12.3. The van der Waals surface area contributed by atoms with Gasteiger partial charge in [0.05, 0.1) is 0 Å². The van der Waals surface area contributed by atoms with E-state index in [0.717, 1.165) is 24.8 Å². The molecule has 3 heteroatoms. The van der Waals surface area contributed by atoms with Crippen molar-refractivity contribution in [2.75, 3.05) is 0 Å². The van der Waals surface area contributed by atoms with Crippen LogP contribution in [0.15, 0.2) is 11.1 Å². The summed E-state index contributed by atoms with van der Waals surface area (Å²) < 4.78 is 0. The second-order valence-corrected chi connectivity index (χ2v) is 8.72. The van der Waals surface area contributed by atoms with E-state index in [1.807, 2.05) is 6.92 Å². The Morgan fingerprint density at radius 2 is 1.27 bits per heavy atom. The summed E-state index contributed by atoms with van der Waals surface area (Å²) >= 11 is 0. The number of aliphatic carboxylic acids is 1. The number of carboxylic acid groups (broad SMARTS) is 1. The van der Waals surface area contributed by atoms with Crippen LogP contribution in [0.5, 0.6) is 0 Å². The molecule has 26 heavy (non-hydrogen) atoms. The quantitative estimate of drug-likeness (QED) is 0.323. The van der Waals surface area contributed by atoms with Crippen molar-refractivity contribution in [1.82, 2.24) is 0 Å². The van der Waals surface area contributed by atoms with Gasteiger partial charge >= 0.3 is 5.97 Å². The van der Waals surface area contributed by atoms with Crippen LogP contribution in [-0.2, 0) is 9.59 Å². The Bertz CT molecular complexity index is 474. The molecular formula is C23H40O3. The number of unbranched alkanes of at least 4 members (excludes halogenated alkanes) is 11. The zero-order chi connectivity index (χ0) is 19.4. The Kier molecular flexibility index (Phi) is 10.8. The summed E-state index contributed by atoms with van der Waals surface area (Å²) in [6, 6.07) is 0. The largest absolute Gasteiger partial charge is 0.481 e. The number of carbonyl (C=O) groups is 2. The molecule has 0 radical (unpaired) electrons. The first-order valence-corrected chi connectivity index (χ1v) is 10.8. The highest BCUT2D eigenvalue weighted by atomic mass is 16.4. The van der Waals surface area contributed by atoms with Gasteiger partial charge in [-0.1, -0.05) is 83.6 Å². The van der Waals surface area contributed by atoms with E-state index in [1.165, 1.54) is 69.8 Å². The van der Waals surface area contributed by atoms with E-state index in [9.17, 15) is 9.59 Å². The molecule has 0 heterocycles. The Balaban J connectivity index is 1.90. The number of rotatable bonds is 15. The van der Waals surface area contributed by atoms with Crippen molar-refractivity contribution in [2.45, 2.75) is 117 Å². The third-order valence-electron chi connectivity index (χ3n) is 5.86. The van der Waals surface area contributed by atoms with E-state index in [-0.39, 0.29) is 5.41 Å². The number of allylic oxidation sites excluding steroid dienone is 2.